The molecule has 0 atom stereocenters. The normalized spacial score (nSPS) is 19.2. The van der Waals surface area contributed by atoms with Gasteiger partial charge < -0.3 is 9.84 Å². The van der Waals surface area contributed by atoms with Crippen LogP contribution >= 0.6 is 0 Å². The Morgan fingerprint density at radius 3 is 2.62 bits per heavy atom. The summed E-state index contributed by atoms with van der Waals surface area (Å²) in [5, 5.41) is 7.41. The molecule has 1 aliphatic rings. The molecule has 1 aliphatic carbocycles. The third-order valence-corrected chi connectivity index (χ3v) is 3.29. The van der Waals surface area contributed by atoms with E-state index in [9.17, 15) is 0 Å². The van der Waals surface area contributed by atoms with Gasteiger partial charge in [0.05, 0.1) is 0 Å². The van der Waals surface area contributed by atoms with Crippen LogP contribution in [0.4, 0.5) is 0 Å². The Kier molecular flexibility index (Phi) is 4.80. The van der Waals surface area contributed by atoms with Gasteiger partial charge >= 0.3 is 0 Å². The predicted molar refractivity (Wildman–Crippen MR) is 62.1 cm³/mol. The Bertz CT molecular complexity index is 266. The Labute approximate surface area is 96.8 Å². The molecule has 90 valence electrons. The second-order valence-corrected chi connectivity index (χ2v) is 4.59. The molecule has 0 amide bonds. The van der Waals surface area contributed by atoms with E-state index in [0.717, 1.165) is 18.8 Å². The van der Waals surface area contributed by atoms with Crippen molar-refractivity contribution in [3.63, 3.8) is 0 Å². The fourth-order valence-electron chi connectivity index (χ4n) is 2.35. The van der Waals surface area contributed by atoms with Crippen molar-refractivity contribution in [1.82, 2.24) is 15.5 Å². The number of rotatable bonds is 4. The van der Waals surface area contributed by atoms with Crippen LogP contribution in [0.2, 0.25) is 0 Å². The van der Waals surface area contributed by atoms with Crippen molar-refractivity contribution in [1.29, 1.82) is 0 Å². The van der Waals surface area contributed by atoms with Crippen LogP contribution in [0, 0.1) is 0 Å². The minimum absolute atomic E-state index is 0.701. The summed E-state index contributed by atoms with van der Waals surface area (Å²) in [7, 11) is 0. The van der Waals surface area contributed by atoms with Gasteiger partial charge in [-0.25, -0.2) is 0 Å². The number of nitrogens with zero attached hydrogens (tertiary/aromatic N) is 2. The third kappa shape index (κ3) is 3.93. The zero-order valence-electron chi connectivity index (χ0n) is 9.82. The van der Waals surface area contributed by atoms with E-state index in [0.29, 0.717) is 6.04 Å². The highest BCUT2D eigenvalue weighted by atomic mass is 16.5. The van der Waals surface area contributed by atoms with Crippen LogP contribution in [0.3, 0.4) is 0 Å². The Morgan fingerprint density at radius 1 is 1.19 bits per heavy atom. The molecule has 1 aromatic heterocycles. The minimum Gasteiger partial charge on any atom is -0.343 e. The standard InChI is InChI=1S/C12H21N3O/c1-2-4-6-11(7-5-3-1)13-9-8-12-14-10-16-15-12/h10-11,13H,1-9H2. The van der Waals surface area contributed by atoms with Crippen LogP contribution in [-0.4, -0.2) is 22.7 Å². The average molecular weight is 223 g/mol. The monoisotopic (exact) mass is 223 g/mol. The molecule has 0 unspecified atom stereocenters. The second kappa shape index (κ2) is 6.63. The summed E-state index contributed by atoms with van der Waals surface area (Å²) in [5.74, 6) is 0.804. The van der Waals surface area contributed by atoms with E-state index in [1.54, 1.807) is 0 Å². The molecule has 0 saturated heterocycles. The Balaban J connectivity index is 1.64. The van der Waals surface area contributed by atoms with Crippen molar-refractivity contribution < 1.29 is 4.52 Å². The number of hydrogen-bond acceptors (Lipinski definition) is 4. The summed E-state index contributed by atoms with van der Waals surface area (Å²) in [6, 6.07) is 0.701. The van der Waals surface area contributed by atoms with Gasteiger partial charge in [0.25, 0.3) is 0 Å². The number of hydrogen-bond donors (Lipinski definition) is 1. The van der Waals surface area contributed by atoms with E-state index in [2.05, 4.69) is 15.5 Å². The summed E-state index contributed by atoms with van der Waals surface area (Å²) in [5.41, 5.74) is 0. The van der Waals surface area contributed by atoms with Crippen molar-refractivity contribution in [2.45, 2.75) is 57.4 Å². The lowest BCUT2D eigenvalue weighted by molar-refractivity contribution is 0.385. The van der Waals surface area contributed by atoms with Crippen molar-refractivity contribution in [2.75, 3.05) is 6.54 Å². The molecule has 1 fully saturated rings. The molecule has 16 heavy (non-hydrogen) atoms. The SMILES string of the molecule is c1nc(CCNC2CCCCCCC2)no1. The molecule has 4 nitrogen and oxygen atoms in total. The maximum Gasteiger partial charge on any atom is 0.213 e. The quantitative estimate of drug-likeness (QED) is 0.851. The third-order valence-electron chi connectivity index (χ3n) is 3.29. The molecule has 1 N–H and O–H groups in total. The first kappa shape index (κ1) is 11.6. The Hall–Kier alpha value is -0.900. The molecule has 0 bridgehead atoms. The van der Waals surface area contributed by atoms with Gasteiger partial charge in [-0.1, -0.05) is 37.3 Å². The lowest BCUT2D eigenvalue weighted by Crippen LogP contribution is -2.31. The van der Waals surface area contributed by atoms with E-state index in [1.807, 2.05) is 0 Å². The molecular weight excluding hydrogens is 202 g/mol. The van der Waals surface area contributed by atoms with E-state index in [-0.39, 0.29) is 0 Å². The highest BCUT2D eigenvalue weighted by Crippen LogP contribution is 2.16. The number of aromatic nitrogens is 2. The molecule has 0 aromatic carbocycles. The molecule has 1 heterocycles. The van der Waals surface area contributed by atoms with Gasteiger partial charge in [-0.3, -0.25) is 0 Å². The molecule has 0 aliphatic heterocycles. The van der Waals surface area contributed by atoms with E-state index in [4.69, 9.17) is 4.52 Å². The largest absolute Gasteiger partial charge is 0.343 e. The summed E-state index contributed by atoms with van der Waals surface area (Å²) in [4.78, 5) is 4.01. The van der Waals surface area contributed by atoms with Crippen molar-refractivity contribution >= 4 is 0 Å². The van der Waals surface area contributed by atoms with Crippen LogP contribution in [0.5, 0.6) is 0 Å². The topological polar surface area (TPSA) is 51.0 Å². The maximum absolute atomic E-state index is 4.70. The highest BCUT2D eigenvalue weighted by Gasteiger charge is 2.10. The van der Waals surface area contributed by atoms with Gasteiger partial charge in [0.1, 0.15) is 0 Å². The van der Waals surface area contributed by atoms with Crippen LogP contribution in [0.25, 0.3) is 0 Å². The minimum atomic E-state index is 0.701. The smallest absolute Gasteiger partial charge is 0.213 e. The van der Waals surface area contributed by atoms with Gasteiger partial charge in [0, 0.05) is 19.0 Å². The maximum atomic E-state index is 4.70. The molecule has 4 heteroatoms. The Morgan fingerprint density at radius 2 is 1.94 bits per heavy atom. The van der Waals surface area contributed by atoms with Gasteiger partial charge in [0.2, 0.25) is 6.39 Å². The first-order valence-corrected chi connectivity index (χ1v) is 6.44. The lowest BCUT2D eigenvalue weighted by atomic mass is 9.97. The van der Waals surface area contributed by atoms with Gasteiger partial charge in [-0.15, -0.1) is 0 Å². The fraction of sp³-hybridized carbons (Fsp3) is 0.833. The average Bonchev–Trinajstić information content (AvgIpc) is 2.73. The molecule has 2 rings (SSSR count). The predicted octanol–water partition coefficient (Wildman–Crippen LogP) is 2.31. The van der Waals surface area contributed by atoms with Gasteiger partial charge in [-0.05, 0) is 12.8 Å². The first-order chi connectivity index (χ1) is 7.95. The van der Waals surface area contributed by atoms with Gasteiger partial charge in [0.15, 0.2) is 5.82 Å². The molecule has 1 aromatic rings. The molecule has 1 saturated carbocycles. The van der Waals surface area contributed by atoms with Crippen molar-refractivity contribution in [2.24, 2.45) is 0 Å². The van der Waals surface area contributed by atoms with Crippen LogP contribution in [0.15, 0.2) is 10.9 Å². The van der Waals surface area contributed by atoms with Crippen LogP contribution in [0.1, 0.15) is 50.8 Å². The molecule has 0 radical (unpaired) electrons. The summed E-state index contributed by atoms with van der Waals surface area (Å²) < 4.78 is 4.70. The molecular formula is C12H21N3O. The van der Waals surface area contributed by atoms with Gasteiger partial charge in [-0.2, -0.15) is 4.98 Å². The molecule has 0 spiro atoms. The zero-order valence-corrected chi connectivity index (χ0v) is 9.82. The zero-order chi connectivity index (χ0) is 11.1. The second-order valence-electron chi connectivity index (χ2n) is 4.59. The summed E-state index contributed by atoms with van der Waals surface area (Å²) >= 11 is 0. The van der Waals surface area contributed by atoms with Crippen molar-refractivity contribution in [3.8, 4) is 0 Å². The first-order valence-electron chi connectivity index (χ1n) is 6.44. The van der Waals surface area contributed by atoms with E-state index >= 15 is 0 Å². The highest BCUT2D eigenvalue weighted by molar-refractivity contribution is 4.80. The van der Waals surface area contributed by atoms with Crippen molar-refractivity contribution in [3.05, 3.63) is 12.2 Å². The number of nitrogens with one attached hydrogen (secondary N) is 1. The van der Waals surface area contributed by atoms with E-state index in [1.165, 1.54) is 51.3 Å². The fourth-order valence-corrected chi connectivity index (χ4v) is 2.35. The van der Waals surface area contributed by atoms with E-state index < -0.39 is 0 Å². The summed E-state index contributed by atoms with van der Waals surface area (Å²) in [6.45, 7) is 0.962. The summed E-state index contributed by atoms with van der Waals surface area (Å²) in [6.07, 6.45) is 11.9. The van der Waals surface area contributed by atoms with Crippen LogP contribution in [-0.2, 0) is 6.42 Å². The van der Waals surface area contributed by atoms with Crippen LogP contribution < -0.4 is 5.32 Å². The lowest BCUT2D eigenvalue weighted by Gasteiger charge is -2.20.